The number of hydrogen-bond acceptors (Lipinski definition) is 4. The summed E-state index contributed by atoms with van der Waals surface area (Å²) in [6, 6.07) is 31.4. The summed E-state index contributed by atoms with van der Waals surface area (Å²) in [5.41, 5.74) is 4.12. The van der Waals surface area contributed by atoms with Gasteiger partial charge in [0.1, 0.15) is 0 Å². The number of hydrazone groups is 1. The predicted octanol–water partition coefficient (Wildman–Crippen LogP) is 6.10. The molecule has 0 bridgehead atoms. The van der Waals surface area contributed by atoms with Crippen LogP contribution in [0.1, 0.15) is 15.9 Å². The minimum Gasteiger partial charge on any atom is -0.322 e. The molecule has 0 heterocycles. The second kappa shape index (κ2) is 11.1. The van der Waals surface area contributed by atoms with Crippen molar-refractivity contribution in [3.63, 3.8) is 0 Å². The largest absolute Gasteiger partial charge is 0.329 e. The maximum absolute atomic E-state index is 12.8. The van der Waals surface area contributed by atoms with Crippen molar-refractivity contribution in [3.8, 4) is 0 Å². The summed E-state index contributed by atoms with van der Waals surface area (Å²) in [7, 11) is 0. The van der Waals surface area contributed by atoms with Crippen molar-refractivity contribution in [1.29, 1.82) is 0 Å². The maximum Gasteiger partial charge on any atom is 0.329 e. The molecule has 0 aromatic heterocycles. The number of carbonyl (C=O) groups is 3. The molecule has 5 rings (SSSR count). The Hall–Kier alpha value is -4.82. The predicted molar refractivity (Wildman–Crippen MR) is 154 cm³/mol. The molecule has 0 aliphatic carbocycles. The second-order valence-electron chi connectivity index (χ2n) is 8.39. The Morgan fingerprint density at radius 3 is 1.97 bits per heavy atom. The fourth-order valence-electron chi connectivity index (χ4n) is 4.10. The molecular weight excluding hydrogens is 544 g/mol. The van der Waals surface area contributed by atoms with E-state index in [0.717, 1.165) is 31.6 Å². The standard InChI is InChI=1S/C30H21BrN4O3/c31-21-13-15-22(16-14-21)33-28(36)25-11-5-6-12-27(25)34-29(37)30(38)35-32-18-26-23-9-3-1-7-19(23)17-20-8-2-4-10-24(20)26/h1-18H,(H,33,36)(H,34,37)(H,35,38). The Kier molecular flexibility index (Phi) is 7.24. The van der Waals surface area contributed by atoms with Gasteiger partial charge < -0.3 is 10.6 Å². The second-order valence-corrected chi connectivity index (χ2v) is 9.31. The molecule has 5 aromatic carbocycles. The number of nitrogens with zero attached hydrogens (tertiary/aromatic N) is 1. The van der Waals surface area contributed by atoms with Gasteiger partial charge in [-0.25, -0.2) is 5.43 Å². The van der Waals surface area contributed by atoms with Crippen molar-refractivity contribution in [1.82, 2.24) is 5.43 Å². The molecule has 38 heavy (non-hydrogen) atoms. The van der Waals surface area contributed by atoms with Crippen LogP contribution in [0.25, 0.3) is 21.5 Å². The lowest BCUT2D eigenvalue weighted by Gasteiger charge is -2.11. The maximum atomic E-state index is 12.8. The van der Waals surface area contributed by atoms with Crippen LogP contribution in [-0.4, -0.2) is 23.9 Å². The minimum atomic E-state index is -0.964. The molecular formula is C30H21BrN4O3. The lowest BCUT2D eigenvalue weighted by molar-refractivity contribution is -0.136. The molecule has 3 N–H and O–H groups in total. The summed E-state index contributed by atoms with van der Waals surface area (Å²) >= 11 is 3.35. The molecule has 0 aliphatic heterocycles. The van der Waals surface area contributed by atoms with Gasteiger partial charge in [0.2, 0.25) is 0 Å². The first-order valence-corrected chi connectivity index (χ1v) is 12.5. The number of carbonyl (C=O) groups excluding carboxylic acids is 3. The molecule has 3 amide bonds. The molecule has 5 aromatic rings. The summed E-state index contributed by atoms with van der Waals surface area (Å²) in [5, 5.41) is 13.3. The number of rotatable bonds is 5. The van der Waals surface area contributed by atoms with Crippen LogP contribution >= 0.6 is 15.9 Å². The summed E-state index contributed by atoms with van der Waals surface area (Å²) in [5.74, 6) is -2.34. The molecule has 0 fully saturated rings. The normalized spacial score (nSPS) is 11.0. The third kappa shape index (κ3) is 5.45. The van der Waals surface area contributed by atoms with Gasteiger partial charge >= 0.3 is 11.8 Å². The number of nitrogens with one attached hydrogen (secondary N) is 3. The van der Waals surface area contributed by atoms with Crippen LogP contribution < -0.4 is 16.1 Å². The average Bonchev–Trinajstić information content (AvgIpc) is 2.94. The van der Waals surface area contributed by atoms with Gasteiger partial charge in [-0.15, -0.1) is 0 Å². The van der Waals surface area contributed by atoms with Crippen molar-refractivity contribution >= 4 is 72.8 Å². The van der Waals surface area contributed by atoms with E-state index in [1.807, 2.05) is 48.5 Å². The first kappa shape index (κ1) is 24.9. The number of amides is 3. The monoisotopic (exact) mass is 564 g/mol. The van der Waals surface area contributed by atoms with E-state index in [0.29, 0.717) is 5.69 Å². The summed E-state index contributed by atoms with van der Waals surface area (Å²) < 4.78 is 0.880. The Labute approximate surface area is 226 Å². The van der Waals surface area contributed by atoms with Crippen LogP contribution in [-0.2, 0) is 9.59 Å². The highest BCUT2D eigenvalue weighted by atomic mass is 79.9. The van der Waals surface area contributed by atoms with E-state index in [1.165, 1.54) is 6.21 Å². The van der Waals surface area contributed by atoms with Crippen molar-refractivity contribution in [2.75, 3.05) is 10.6 Å². The molecule has 0 unspecified atom stereocenters. The van der Waals surface area contributed by atoms with Gasteiger partial charge in [0.15, 0.2) is 0 Å². The van der Waals surface area contributed by atoms with Crippen LogP contribution in [0, 0.1) is 0 Å². The molecule has 0 aliphatic rings. The van der Waals surface area contributed by atoms with Gasteiger partial charge in [-0.1, -0.05) is 76.6 Å². The molecule has 8 heteroatoms. The third-order valence-corrected chi connectivity index (χ3v) is 6.43. The highest BCUT2D eigenvalue weighted by molar-refractivity contribution is 9.10. The number of halogens is 1. The molecule has 7 nitrogen and oxygen atoms in total. The summed E-state index contributed by atoms with van der Waals surface area (Å²) in [6.07, 6.45) is 1.54. The zero-order chi connectivity index (χ0) is 26.5. The SMILES string of the molecule is O=C(NN=Cc1c2ccccc2cc2ccccc12)C(=O)Nc1ccccc1C(=O)Nc1ccc(Br)cc1. The topological polar surface area (TPSA) is 99.7 Å². The molecule has 0 atom stereocenters. The number of hydrogen-bond donors (Lipinski definition) is 3. The third-order valence-electron chi connectivity index (χ3n) is 5.90. The lowest BCUT2D eigenvalue weighted by atomic mass is 9.97. The van der Waals surface area contributed by atoms with E-state index in [1.54, 1.807) is 48.5 Å². The van der Waals surface area contributed by atoms with Gasteiger partial charge in [0.05, 0.1) is 17.5 Å². The quantitative estimate of drug-likeness (QED) is 0.104. The zero-order valence-corrected chi connectivity index (χ0v) is 21.5. The Morgan fingerprint density at radius 2 is 1.29 bits per heavy atom. The molecule has 0 spiro atoms. The van der Waals surface area contributed by atoms with Crippen molar-refractivity contribution in [2.24, 2.45) is 5.10 Å². The Balaban J connectivity index is 1.30. The van der Waals surface area contributed by atoms with Crippen LogP contribution in [0.5, 0.6) is 0 Å². The smallest absolute Gasteiger partial charge is 0.322 e. The first-order chi connectivity index (χ1) is 18.5. The average molecular weight is 565 g/mol. The van der Waals surface area contributed by atoms with Crippen LogP contribution in [0.4, 0.5) is 11.4 Å². The van der Waals surface area contributed by atoms with E-state index in [2.05, 4.69) is 43.2 Å². The highest BCUT2D eigenvalue weighted by Crippen LogP contribution is 2.27. The summed E-state index contributed by atoms with van der Waals surface area (Å²) in [4.78, 5) is 38.0. The number of anilines is 2. The van der Waals surface area contributed by atoms with Crippen LogP contribution in [0.3, 0.4) is 0 Å². The number of fused-ring (bicyclic) bond motifs is 2. The van der Waals surface area contributed by atoms with E-state index < -0.39 is 17.7 Å². The first-order valence-electron chi connectivity index (χ1n) is 11.7. The number of benzene rings is 5. The fraction of sp³-hybridized carbons (Fsp3) is 0. The molecule has 0 radical (unpaired) electrons. The Bertz CT molecular complexity index is 1660. The number of para-hydroxylation sites is 1. The van der Waals surface area contributed by atoms with Crippen molar-refractivity contribution < 1.29 is 14.4 Å². The van der Waals surface area contributed by atoms with Crippen molar-refractivity contribution in [3.05, 3.63) is 119 Å². The van der Waals surface area contributed by atoms with E-state index in [9.17, 15) is 14.4 Å². The fourth-order valence-corrected chi connectivity index (χ4v) is 4.36. The molecule has 0 saturated heterocycles. The van der Waals surface area contributed by atoms with Gasteiger partial charge in [0.25, 0.3) is 5.91 Å². The lowest BCUT2D eigenvalue weighted by Crippen LogP contribution is -2.33. The van der Waals surface area contributed by atoms with Gasteiger partial charge in [0, 0.05) is 15.7 Å². The van der Waals surface area contributed by atoms with Gasteiger partial charge in [-0.05, 0) is 64.0 Å². The van der Waals surface area contributed by atoms with Crippen LogP contribution in [0.2, 0.25) is 0 Å². The van der Waals surface area contributed by atoms with E-state index in [-0.39, 0.29) is 11.3 Å². The minimum absolute atomic E-state index is 0.200. The van der Waals surface area contributed by atoms with E-state index >= 15 is 0 Å². The summed E-state index contributed by atoms with van der Waals surface area (Å²) in [6.45, 7) is 0. The van der Waals surface area contributed by atoms with Gasteiger partial charge in [-0.3, -0.25) is 14.4 Å². The zero-order valence-electron chi connectivity index (χ0n) is 19.9. The Morgan fingerprint density at radius 1 is 0.684 bits per heavy atom. The van der Waals surface area contributed by atoms with Crippen molar-refractivity contribution in [2.45, 2.75) is 0 Å². The molecule has 0 saturated carbocycles. The van der Waals surface area contributed by atoms with Gasteiger partial charge in [-0.2, -0.15) is 5.10 Å². The highest BCUT2D eigenvalue weighted by Gasteiger charge is 2.18. The molecule has 186 valence electrons. The van der Waals surface area contributed by atoms with Crippen LogP contribution in [0.15, 0.2) is 113 Å². The van der Waals surface area contributed by atoms with E-state index in [4.69, 9.17) is 0 Å².